The quantitative estimate of drug-likeness (QED) is 0.0797. The van der Waals surface area contributed by atoms with Gasteiger partial charge in [-0.3, -0.25) is 0 Å². The molecule has 0 aliphatic rings. The lowest BCUT2D eigenvalue weighted by atomic mass is 10.0. The van der Waals surface area contributed by atoms with Crippen LogP contribution in [0.4, 0.5) is 0 Å². The van der Waals surface area contributed by atoms with Gasteiger partial charge >= 0.3 is 0 Å². The molecule has 0 saturated heterocycles. The molecule has 0 fully saturated rings. The molecule has 0 N–H and O–H groups in total. The molecule has 0 radical (unpaired) electrons. The van der Waals surface area contributed by atoms with Gasteiger partial charge in [-0.25, -0.2) is 0 Å². The second-order valence-corrected chi connectivity index (χ2v) is 10.9. The van der Waals surface area contributed by atoms with Crippen LogP contribution in [0.5, 0.6) is 0 Å². The minimum absolute atomic E-state index is 0.587. The predicted molar refractivity (Wildman–Crippen MR) is 159 cm³/mol. The molecule has 0 aliphatic heterocycles. The van der Waals surface area contributed by atoms with Gasteiger partial charge in [0.05, 0.1) is 6.61 Å². The van der Waals surface area contributed by atoms with Crippen molar-refractivity contribution < 1.29 is 4.74 Å². The highest BCUT2D eigenvalue weighted by Crippen LogP contribution is 2.13. The van der Waals surface area contributed by atoms with Gasteiger partial charge in [0.25, 0.3) is 0 Å². The number of hydrogen-bond acceptors (Lipinski definition) is 2. The highest BCUT2D eigenvalue weighted by Gasteiger charge is 2.11. The molecule has 0 aliphatic carbocycles. The predicted octanol–water partition coefficient (Wildman–Crippen LogP) is 10.7. The normalized spacial score (nSPS) is 13.1. The summed E-state index contributed by atoms with van der Waals surface area (Å²) >= 11 is 0. The molecule has 2 nitrogen and oxygen atoms in total. The van der Waals surface area contributed by atoms with E-state index in [-0.39, 0.29) is 0 Å². The molecule has 35 heavy (non-hydrogen) atoms. The molecule has 0 amide bonds. The Morgan fingerprint density at radius 2 is 1.00 bits per heavy atom. The van der Waals surface area contributed by atoms with E-state index in [1.54, 1.807) is 0 Å². The number of unbranched alkanes of at least 4 members (excludes halogenated alkanes) is 17. The monoisotopic (exact) mass is 492 g/mol. The maximum Gasteiger partial charge on any atom is 0.0621 e. The standard InChI is InChI=1S/C33H65NO/c1-5-7-9-11-13-15-16-17-18-19-20-21-23-25-27-29-31-35-32-33(34(3)4)30-28-26-24-22-14-12-10-8-6-2/h13,15,17-18,33H,5-12,14,16,19-32H2,1-4H3/t33-/m0/s1. The Morgan fingerprint density at radius 1 is 0.543 bits per heavy atom. The van der Waals surface area contributed by atoms with Crippen LogP contribution in [-0.2, 0) is 4.74 Å². The Bertz CT molecular complexity index is 442. The van der Waals surface area contributed by atoms with Crippen LogP contribution >= 0.6 is 0 Å². The lowest BCUT2D eigenvalue weighted by Gasteiger charge is -2.24. The topological polar surface area (TPSA) is 12.5 Å². The zero-order valence-corrected chi connectivity index (χ0v) is 24.7. The van der Waals surface area contributed by atoms with E-state index in [0.717, 1.165) is 19.6 Å². The van der Waals surface area contributed by atoms with Gasteiger partial charge < -0.3 is 9.64 Å². The third kappa shape index (κ3) is 27.8. The smallest absolute Gasteiger partial charge is 0.0621 e. The molecule has 0 bridgehead atoms. The molecule has 2 heteroatoms. The molecule has 0 aromatic rings. The third-order valence-corrected chi connectivity index (χ3v) is 7.17. The van der Waals surface area contributed by atoms with Crippen LogP contribution < -0.4 is 0 Å². The lowest BCUT2D eigenvalue weighted by Crippen LogP contribution is -2.32. The Labute approximate surface area is 222 Å². The van der Waals surface area contributed by atoms with Crippen LogP contribution in [0.15, 0.2) is 24.3 Å². The van der Waals surface area contributed by atoms with Crippen LogP contribution in [-0.4, -0.2) is 38.3 Å². The largest absolute Gasteiger partial charge is 0.380 e. The summed E-state index contributed by atoms with van der Waals surface area (Å²) in [7, 11) is 4.42. The van der Waals surface area contributed by atoms with E-state index in [1.165, 1.54) is 135 Å². The number of nitrogens with zero attached hydrogens (tertiary/aromatic N) is 1. The van der Waals surface area contributed by atoms with E-state index in [0.29, 0.717) is 6.04 Å². The van der Waals surface area contributed by atoms with Crippen molar-refractivity contribution in [3.05, 3.63) is 24.3 Å². The maximum absolute atomic E-state index is 6.05. The average Bonchev–Trinajstić information content (AvgIpc) is 2.85. The summed E-state index contributed by atoms with van der Waals surface area (Å²) in [6.45, 7) is 6.41. The van der Waals surface area contributed by atoms with E-state index in [4.69, 9.17) is 4.74 Å². The molecule has 0 heterocycles. The molecule has 0 aromatic heterocycles. The van der Waals surface area contributed by atoms with Crippen molar-refractivity contribution in [3.63, 3.8) is 0 Å². The minimum atomic E-state index is 0.587. The van der Waals surface area contributed by atoms with Crippen LogP contribution in [0, 0.1) is 0 Å². The molecule has 0 rings (SSSR count). The molecule has 1 atom stereocenters. The summed E-state index contributed by atoms with van der Waals surface area (Å²) < 4.78 is 6.05. The fourth-order valence-electron chi connectivity index (χ4n) is 4.59. The number of rotatable bonds is 28. The molecular weight excluding hydrogens is 426 g/mol. The van der Waals surface area contributed by atoms with Crippen molar-refractivity contribution in [2.75, 3.05) is 27.3 Å². The van der Waals surface area contributed by atoms with Crippen LogP contribution in [0.25, 0.3) is 0 Å². The first kappa shape index (κ1) is 34.4. The molecule has 0 aromatic carbocycles. The van der Waals surface area contributed by atoms with Gasteiger partial charge in [-0.15, -0.1) is 0 Å². The first-order valence-electron chi connectivity index (χ1n) is 15.8. The Balaban J connectivity index is 3.45. The van der Waals surface area contributed by atoms with Crippen molar-refractivity contribution >= 4 is 0 Å². The summed E-state index contributed by atoms with van der Waals surface area (Å²) in [6.07, 6.45) is 39.0. The fraction of sp³-hybridized carbons (Fsp3) is 0.879. The lowest BCUT2D eigenvalue weighted by molar-refractivity contribution is 0.0721. The SMILES string of the molecule is CCCCCC=CCC=CCCCCCCCCOC[C@H](CCCCCCCCCCC)N(C)C. The second kappa shape index (κ2) is 29.6. The van der Waals surface area contributed by atoms with E-state index in [2.05, 4.69) is 57.1 Å². The summed E-state index contributed by atoms with van der Waals surface area (Å²) in [6, 6.07) is 0.587. The zero-order chi connectivity index (χ0) is 25.7. The van der Waals surface area contributed by atoms with Crippen molar-refractivity contribution in [2.45, 2.75) is 161 Å². The van der Waals surface area contributed by atoms with Crippen molar-refractivity contribution in [2.24, 2.45) is 0 Å². The van der Waals surface area contributed by atoms with Crippen molar-refractivity contribution in [1.29, 1.82) is 0 Å². The highest BCUT2D eigenvalue weighted by molar-refractivity contribution is 4.92. The average molecular weight is 492 g/mol. The summed E-state index contributed by atoms with van der Waals surface area (Å²) in [5, 5.41) is 0. The van der Waals surface area contributed by atoms with E-state index < -0.39 is 0 Å². The van der Waals surface area contributed by atoms with Gasteiger partial charge in [-0.2, -0.15) is 0 Å². The van der Waals surface area contributed by atoms with Crippen molar-refractivity contribution in [1.82, 2.24) is 4.90 Å². The second-order valence-electron chi connectivity index (χ2n) is 10.9. The van der Waals surface area contributed by atoms with Gasteiger partial charge in [0.2, 0.25) is 0 Å². The Morgan fingerprint density at radius 3 is 1.57 bits per heavy atom. The molecule has 208 valence electrons. The van der Waals surface area contributed by atoms with Gasteiger partial charge in [-0.1, -0.05) is 134 Å². The molecule has 0 spiro atoms. The van der Waals surface area contributed by atoms with E-state index in [9.17, 15) is 0 Å². The molecule has 0 unspecified atom stereocenters. The Hall–Kier alpha value is -0.600. The van der Waals surface area contributed by atoms with Crippen LogP contribution in [0.2, 0.25) is 0 Å². The fourth-order valence-corrected chi connectivity index (χ4v) is 4.59. The highest BCUT2D eigenvalue weighted by atomic mass is 16.5. The molecular formula is C33H65NO. The third-order valence-electron chi connectivity index (χ3n) is 7.17. The van der Waals surface area contributed by atoms with E-state index >= 15 is 0 Å². The first-order chi connectivity index (χ1) is 17.2. The number of hydrogen-bond donors (Lipinski definition) is 0. The van der Waals surface area contributed by atoms with E-state index in [1.807, 2.05) is 0 Å². The minimum Gasteiger partial charge on any atom is -0.380 e. The van der Waals surface area contributed by atoms with Crippen LogP contribution in [0.1, 0.15) is 155 Å². The zero-order valence-electron chi connectivity index (χ0n) is 24.7. The number of allylic oxidation sites excluding steroid dienone is 4. The number of ether oxygens (including phenoxy) is 1. The van der Waals surface area contributed by atoms with Gasteiger partial charge in [0, 0.05) is 12.6 Å². The van der Waals surface area contributed by atoms with Gasteiger partial charge in [0.1, 0.15) is 0 Å². The summed E-state index contributed by atoms with van der Waals surface area (Å²) in [4.78, 5) is 2.36. The van der Waals surface area contributed by atoms with Crippen molar-refractivity contribution in [3.8, 4) is 0 Å². The first-order valence-corrected chi connectivity index (χ1v) is 15.8. The molecule has 0 saturated carbocycles. The van der Waals surface area contributed by atoms with Crippen LogP contribution in [0.3, 0.4) is 0 Å². The number of likely N-dealkylation sites (N-methyl/N-ethyl adjacent to an activating group) is 1. The Kier molecular flexibility index (Phi) is 29.1. The van der Waals surface area contributed by atoms with Gasteiger partial charge in [-0.05, 0) is 59.0 Å². The summed E-state index contributed by atoms with van der Waals surface area (Å²) in [5.74, 6) is 0. The summed E-state index contributed by atoms with van der Waals surface area (Å²) in [5.41, 5.74) is 0. The van der Waals surface area contributed by atoms with Gasteiger partial charge in [0.15, 0.2) is 0 Å². The maximum atomic E-state index is 6.05.